The van der Waals surface area contributed by atoms with Gasteiger partial charge < -0.3 is 9.80 Å². The topological polar surface area (TPSA) is 43.9 Å². The van der Waals surface area contributed by atoms with Gasteiger partial charge in [0.2, 0.25) is 11.8 Å². The number of likely N-dealkylation sites (tertiary alicyclic amines) is 3. The monoisotopic (exact) mass is 363 g/mol. The first-order chi connectivity index (χ1) is 12.4. The number of hydrogen-bond donors (Lipinski definition) is 0. The second-order valence-corrected chi connectivity index (χ2v) is 9.14. The van der Waals surface area contributed by atoms with Crippen LogP contribution in [0.15, 0.2) is 0 Å². The van der Waals surface area contributed by atoms with Gasteiger partial charge in [-0.1, -0.05) is 13.8 Å². The van der Waals surface area contributed by atoms with Gasteiger partial charge in [0.05, 0.1) is 6.04 Å². The summed E-state index contributed by atoms with van der Waals surface area (Å²) >= 11 is 0. The molecule has 0 radical (unpaired) electrons. The minimum Gasteiger partial charge on any atom is -0.338 e. The molecule has 148 valence electrons. The Kier molecular flexibility index (Phi) is 6.26. The van der Waals surface area contributed by atoms with E-state index in [2.05, 4.69) is 37.5 Å². The molecule has 0 aromatic rings. The van der Waals surface area contributed by atoms with Crippen LogP contribution in [0.3, 0.4) is 0 Å². The van der Waals surface area contributed by atoms with Crippen molar-refractivity contribution < 1.29 is 9.59 Å². The summed E-state index contributed by atoms with van der Waals surface area (Å²) in [5.41, 5.74) is 0. The molecule has 3 saturated heterocycles. The molecule has 0 saturated carbocycles. The Morgan fingerprint density at radius 2 is 1.38 bits per heavy atom. The third-order valence-corrected chi connectivity index (χ3v) is 6.47. The first kappa shape index (κ1) is 19.7. The minimum absolute atomic E-state index is 0.0200. The third-order valence-electron chi connectivity index (χ3n) is 6.47. The van der Waals surface area contributed by atoms with Gasteiger partial charge in [0.25, 0.3) is 0 Å². The first-order valence-corrected chi connectivity index (χ1v) is 10.8. The van der Waals surface area contributed by atoms with Gasteiger partial charge >= 0.3 is 0 Å². The van der Waals surface area contributed by atoms with E-state index in [-0.39, 0.29) is 23.9 Å². The predicted molar refractivity (Wildman–Crippen MR) is 104 cm³/mol. The van der Waals surface area contributed by atoms with Crippen LogP contribution in [0.2, 0.25) is 0 Å². The molecule has 0 aromatic carbocycles. The maximum absolute atomic E-state index is 13.3. The lowest BCUT2D eigenvalue weighted by molar-refractivity contribution is -0.147. The van der Waals surface area contributed by atoms with Crippen LogP contribution in [-0.2, 0) is 9.59 Å². The molecule has 5 nitrogen and oxygen atoms in total. The fourth-order valence-corrected chi connectivity index (χ4v) is 5.26. The maximum atomic E-state index is 13.3. The van der Waals surface area contributed by atoms with Crippen molar-refractivity contribution in [2.45, 2.75) is 96.8 Å². The summed E-state index contributed by atoms with van der Waals surface area (Å²) in [5, 5.41) is 0. The van der Waals surface area contributed by atoms with Crippen LogP contribution < -0.4 is 0 Å². The molecule has 3 heterocycles. The first-order valence-electron chi connectivity index (χ1n) is 10.8. The molecular weight excluding hydrogens is 326 g/mol. The highest BCUT2D eigenvalue weighted by molar-refractivity contribution is 5.90. The zero-order valence-electron chi connectivity index (χ0n) is 17.1. The number of hydrogen-bond acceptors (Lipinski definition) is 3. The van der Waals surface area contributed by atoms with Crippen molar-refractivity contribution in [2.75, 3.05) is 19.6 Å². The van der Waals surface area contributed by atoms with Crippen LogP contribution in [-0.4, -0.2) is 70.3 Å². The Morgan fingerprint density at radius 3 is 2.08 bits per heavy atom. The molecule has 0 bridgehead atoms. The van der Waals surface area contributed by atoms with E-state index in [1.807, 2.05) is 4.90 Å². The molecule has 3 unspecified atom stereocenters. The van der Waals surface area contributed by atoms with Crippen molar-refractivity contribution in [1.82, 2.24) is 14.7 Å². The van der Waals surface area contributed by atoms with Gasteiger partial charge in [-0.25, -0.2) is 0 Å². The van der Waals surface area contributed by atoms with E-state index in [1.165, 1.54) is 0 Å². The van der Waals surface area contributed by atoms with E-state index in [4.69, 9.17) is 0 Å². The molecule has 3 rings (SSSR count). The van der Waals surface area contributed by atoms with E-state index in [0.29, 0.717) is 18.0 Å². The second kappa shape index (κ2) is 8.28. The average molecular weight is 364 g/mol. The lowest BCUT2D eigenvalue weighted by Crippen LogP contribution is -2.54. The van der Waals surface area contributed by atoms with Gasteiger partial charge in [0.1, 0.15) is 6.04 Å². The van der Waals surface area contributed by atoms with E-state index >= 15 is 0 Å². The summed E-state index contributed by atoms with van der Waals surface area (Å²) in [7, 11) is 0. The molecule has 0 N–H and O–H groups in total. The Morgan fingerprint density at radius 1 is 0.808 bits per heavy atom. The van der Waals surface area contributed by atoms with Crippen LogP contribution in [0.1, 0.15) is 72.6 Å². The SMILES string of the molecule is CC(C)CC1CCCN1C(=O)C1CCCN1C(=O)C1CCCN1C(C)C. The fourth-order valence-electron chi connectivity index (χ4n) is 5.26. The van der Waals surface area contributed by atoms with Gasteiger partial charge in [-0.05, 0) is 71.3 Å². The molecule has 5 heteroatoms. The van der Waals surface area contributed by atoms with Crippen molar-refractivity contribution >= 4 is 11.8 Å². The highest BCUT2D eigenvalue weighted by atomic mass is 16.2. The fraction of sp³-hybridized carbons (Fsp3) is 0.905. The summed E-state index contributed by atoms with van der Waals surface area (Å²) in [6, 6.07) is 0.522. The number of carbonyl (C=O) groups is 2. The Balaban J connectivity index is 1.69. The summed E-state index contributed by atoms with van der Waals surface area (Å²) in [4.78, 5) is 32.9. The van der Waals surface area contributed by atoms with E-state index in [1.54, 1.807) is 0 Å². The van der Waals surface area contributed by atoms with Crippen molar-refractivity contribution in [2.24, 2.45) is 5.92 Å². The summed E-state index contributed by atoms with van der Waals surface area (Å²) < 4.78 is 0. The molecule has 3 aliphatic heterocycles. The van der Waals surface area contributed by atoms with Crippen molar-refractivity contribution in [3.05, 3.63) is 0 Å². The zero-order chi connectivity index (χ0) is 18.8. The summed E-state index contributed by atoms with van der Waals surface area (Å²) in [6.07, 6.45) is 7.12. The van der Waals surface area contributed by atoms with Gasteiger partial charge in [0, 0.05) is 25.2 Å². The van der Waals surface area contributed by atoms with Crippen molar-refractivity contribution in [1.29, 1.82) is 0 Å². The Bertz CT molecular complexity index is 519. The molecule has 3 atom stereocenters. The number of rotatable bonds is 5. The molecule has 3 aliphatic rings. The van der Waals surface area contributed by atoms with Gasteiger partial charge in [-0.15, -0.1) is 0 Å². The second-order valence-electron chi connectivity index (χ2n) is 9.14. The smallest absolute Gasteiger partial charge is 0.245 e. The van der Waals surface area contributed by atoms with E-state index < -0.39 is 0 Å². The molecule has 0 aliphatic carbocycles. The largest absolute Gasteiger partial charge is 0.338 e. The van der Waals surface area contributed by atoms with Crippen LogP contribution in [0.5, 0.6) is 0 Å². The Labute approximate surface area is 159 Å². The lowest BCUT2D eigenvalue weighted by atomic mass is 10.0. The molecule has 0 spiro atoms. The molecule has 0 aromatic heterocycles. The zero-order valence-corrected chi connectivity index (χ0v) is 17.1. The van der Waals surface area contributed by atoms with Gasteiger partial charge in [0.15, 0.2) is 0 Å². The van der Waals surface area contributed by atoms with Crippen molar-refractivity contribution in [3.8, 4) is 0 Å². The highest BCUT2D eigenvalue weighted by Crippen LogP contribution is 2.30. The summed E-state index contributed by atoms with van der Waals surface area (Å²) in [5.74, 6) is 1.02. The quantitative estimate of drug-likeness (QED) is 0.754. The van der Waals surface area contributed by atoms with Crippen molar-refractivity contribution in [3.63, 3.8) is 0 Å². The van der Waals surface area contributed by atoms with E-state index in [9.17, 15) is 9.59 Å². The average Bonchev–Trinajstić information content (AvgIpc) is 3.32. The lowest BCUT2D eigenvalue weighted by Gasteiger charge is -2.35. The van der Waals surface area contributed by atoms with Gasteiger partial charge in [-0.2, -0.15) is 0 Å². The number of nitrogens with zero attached hydrogens (tertiary/aromatic N) is 3. The number of amides is 2. The normalized spacial score (nSPS) is 30.2. The molecular formula is C21H37N3O2. The molecule has 26 heavy (non-hydrogen) atoms. The van der Waals surface area contributed by atoms with E-state index in [0.717, 1.165) is 64.6 Å². The number of carbonyl (C=O) groups excluding carboxylic acids is 2. The van der Waals surface area contributed by atoms with Crippen LogP contribution in [0.4, 0.5) is 0 Å². The van der Waals surface area contributed by atoms with Crippen LogP contribution in [0, 0.1) is 5.92 Å². The highest BCUT2D eigenvalue weighted by Gasteiger charge is 2.43. The minimum atomic E-state index is -0.218. The summed E-state index contributed by atoms with van der Waals surface area (Å²) in [6.45, 7) is 11.4. The van der Waals surface area contributed by atoms with Gasteiger partial charge in [-0.3, -0.25) is 14.5 Å². The molecule has 2 amide bonds. The standard InChI is InChI=1S/C21H37N3O2/c1-15(2)14-17-8-5-12-23(17)20(25)19-10-7-13-24(19)21(26)18-9-6-11-22(18)16(3)4/h15-19H,5-14H2,1-4H3. The maximum Gasteiger partial charge on any atom is 0.245 e. The third kappa shape index (κ3) is 3.92. The van der Waals surface area contributed by atoms with Crippen LogP contribution in [0.25, 0.3) is 0 Å². The molecule has 3 fully saturated rings. The van der Waals surface area contributed by atoms with Crippen LogP contribution >= 0.6 is 0 Å². The Hall–Kier alpha value is -1.10. The predicted octanol–water partition coefficient (Wildman–Crippen LogP) is 2.89.